The number of carbonyl (C=O) groups is 1. The lowest BCUT2D eigenvalue weighted by Crippen LogP contribution is -2.26. The van der Waals surface area contributed by atoms with E-state index in [0.717, 1.165) is 23.5 Å². The molecular weight excluding hydrogens is 294 g/mol. The highest BCUT2D eigenvalue weighted by Gasteiger charge is 2.17. The van der Waals surface area contributed by atoms with Gasteiger partial charge in [-0.15, -0.1) is 0 Å². The smallest absolute Gasteiger partial charge is 0.254 e. The van der Waals surface area contributed by atoms with Gasteiger partial charge in [0, 0.05) is 12.7 Å². The Morgan fingerprint density at radius 3 is 2.83 bits per heavy atom. The van der Waals surface area contributed by atoms with Gasteiger partial charge in [-0.2, -0.15) is 5.10 Å². The summed E-state index contributed by atoms with van der Waals surface area (Å²) in [7, 11) is 0. The molecule has 0 unspecified atom stereocenters. The zero-order chi connectivity index (χ0) is 16.4. The van der Waals surface area contributed by atoms with Gasteiger partial charge in [0.2, 0.25) is 6.79 Å². The molecule has 1 aromatic heterocycles. The first kappa shape index (κ1) is 15.4. The number of fused-ring (bicyclic) bond motifs is 1. The van der Waals surface area contributed by atoms with Crippen molar-refractivity contribution < 1.29 is 14.3 Å². The van der Waals surface area contributed by atoms with Crippen LogP contribution in [0, 0.1) is 0 Å². The maximum Gasteiger partial charge on any atom is 0.254 e. The third kappa shape index (κ3) is 3.47. The van der Waals surface area contributed by atoms with Gasteiger partial charge < -0.3 is 14.8 Å². The second-order valence-electron chi connectivity index (χ2n) is 6.54. The van der Waals surface area contributed by atoms with Crippen LogP contribution in [0.15, 0.2) is 30.6 Å². The van der Waals surface area contributed by atoms with Crippen LogP contribution >= 0.6 is 0 Å². The van der Waals surface area contributed by atoms with E-state index in [1.165, 1.54) is 0 Å². The fraction of sp³-hybridized carbons (Fsp3) is 0.412. The van der Waals surface area contributed by atoms with E-state index in [0.29, 0.717) is 12.1 Å². The quantitative estimate of drug-likeness (QED) is 0.940. The van der Waals surface area contributed by atoms with Crippen LogP contribution in [0.25, 0.3) is 0 Å². The lowest BCUT2D eigenvalue weighted by molar-refractivity contribution is 0.0954. The Hall–Kier alpha value is -2.50. The van der Waals surface area contributed by atoms with Crippen LogP contribution in [-0.4, -0.2) is 29.0 Å². The number of hydrogen-bond donors (Lipinski definition) is 1. The zero-order valence-electron chi connectivity index (χ0n) is 13.6. The number of hydrogen-bond acceptors (Lipinski definition) is 4. The van der Waals surface area contributed by atoms with Crippen LogP contribution in [0.4, 0.5) is 0 Å². The predicted octanol–water partition coefficient (Wildman–Crippen LogP) is 2.34. The Morgan fingerprint density at radius 2 is 2.09 bits per heavy atom. The number of nitrogens with zero attached hydrogens (tertiary/aromatic N) is 2. The van der Waals surface area contributed by atoms with Crippen molar-refractivity contribution in [1.29, 1.82) is 0 Å². The second-order valence-corrected chi connectivity index (χ2v) is 6.54. The third-order valence-electron chi connectivity index (χ3n) is 3.67. The SMILES string of the molecule is CC(C)(C)n1cc(C(=O)NCCc2ccc3c(c2)OCO3)cn1. The van der Waals surface area contributed by atoms with Gasteiger partial charge in [0.1, 0.15) is 0 Å². The summed E-state index contributed by atoms with van der Waals surface area (Å²) in [4.78, 5) is 12.2. The van der Waals surface area contributed by atoms with Crippen LogP contribution in [0.5, 0.6) is 11.5 Å². The fourth-order valence-electron chi connectivity index (χ4n) is 2.33. The van der Waals surface area contributed by atoms with Crippen molar-refractivity contribution in [3.05, 3.63) is 41.7 Å². The Bertz CT molecular complexity index is 716. The molecule has 2 heterocycles. The Labute approximate surface area is 135 Å². The lowest BCUT2D eigenvalue weighted by Gasteiger charge is -2.18. The van der Waals surface area contributed by atoms with Crippen LogP contribution < -0.4 is 14.8 Å². The van der Waals surface area contributed by atoms with Gasteiger partial charge in [0.25, 0.3) is 5.91 Å². The summed E-state index contributed by atoms with van der Waals surface area (Å²) in [5, 5.41) is 7.16. The number of carbonyl (C=O) groups excluding carboxylic acids is 1. The standard InChI is InChI=1S/C17H21N3O3/c1-17(2,3)20-10-13(9-19-20)16(21)18-7-6-12-4-5-14-15(8-12)23-11-22-14/h4-5,8-10H,6-7,11H2,1-3H3,(H,18,21). The van der Waals surface area contributed by atoms with Gasteiger partial charge >= 0.3 is 0 Å². The highest BCUT2D eigenvalue weighted by molar-refractivity contribution is 5.93. The molecule has 23 heavy (non-hydrogen) atoms. The molecule has 0 radical (unpaired) electrons. The van der Waals surface area contributed by atoms with Crippen LogP contribution in [-0.2, 0) is 12.0 Å². The highest BCUT2D eigenvalue weighted by Crippen LogP contribution is 2.32. The van der Waals surface area contributed by atoms with E-state index in [-0.39, 0.29) is 18.2 Å². The Balaban J connectivity index is 1.54. The average molecular weight is 315 g/mol. The first-order valence-corrected chi connectivity index (χ1v) is 7.65. The molecule has 0 spiro atoms. The number of amides is 1. The van der Waals surface area contributed by atoms with E-state index >= 15 is 0 Å². The summed E-state index contributed by atoms with van der Waals surface area (Å²) in [5.41, 5.74) is 1.54. The minimum absolute atomic E-state index is 0.110. The summed E-state index contributed by atoms with van der Waals surface area (Å²) in [6.45, 7) is 6.95. The molecule has 1 aromatic carbocycles. The first-order valence-electron chi connectivity index (χ1n) is 7.65. The summed E-state index contributed by atoms with van der Waals surface area (Å²) in [6, 6.07) is 5.83. The van der Waals surface area contributed by atoms with E-state index in [9.17, 15) is 4.79 Å². The maximum atomic E-state index is 12.2. The summed E-state index contributed by atoms with van der Waals surface area (Å²) in [6.07, 6.45) is 4.10. The molecule has 6 heteroatoms. The molecule has 0 bridgehead atoms. The van der Waals surface area contributed by atoms with Crippen molar-refractivity contribution in [3.63, 3.8) is 0 Å². The molecule has 1 aliphatic heterocycles. The summed E-state index contributed by atoms with van der Waals surface area (Å²) >= 11 is 0. The zero-order valence-corrected chi connectivity index (χ0v) is 13.6. The summed E-state index contributed by atoms with van der Waals surface area (Å²) in [5.74, 6) is 1.42. The maximum absolute atomic E-state index is 12.2. The molecule has 1 N–H and O–H groups in total. The second kappa shape index (κ2) is 5.95. The molecule has 0 atom stereocenters. The average Bonchev–Trinajstić information content (AvgIpc) is 3.15. The van der Waals surface area contributed by atoms with E-state index in [2.05, 4.69) is 10.4 Å². The van der Waals surface area contributed by atoms with E-state index in [4.69, 9.17) is 9.47 Å². The highest BCUT2D eigenvalue weighted by atomic mass is 16.7. The van der Waals surface area contributed by atoms with Gasteiger partial charge in [-0.05, 0) is 44.9 Å². The van der Waals surface area contributed by atoms with E-state index < -0.39 is 0 Å². The van der Waals surface area contributed by atoms with Gasteiger partial charge in [0.05, 0.1) is 17.3 Å². The molecular formula is C17H21N3O3. The number of benzene rings is 1. The molecule has 1 aliphatic rings. The van der Waals surface area contributed by atoms with E-state index in [1.807, 2.05) is 39.0 Å². The van der Waals surface area contributed by atoms with Crippen molar-refractivity contribution in [2.45, 2.75) is 32.7 Å². The predicted molar refractivity (Wildman–Crippen MR) is 85.8 cm³/mol. The van der Waals surface area contributed by atoms with E-state index in [1.54, 1.807) is 17.1 Å². The molecule has 0 saturated heterocycles. The molecule has 122 valence electrons. The van der Waals surface area contributed by atoms with Crippen molar-refractivity contribution >= 4 is 5.91 Å². The molecule has 3 rings (SSSR count). The third-order valence-corrected chi connectivity index (χ3v) is 3.67. The van der Waals surface area contributed by atoms with Gasteiger partial charge in [-0.3, -0.25) is 9.48 Å². The Morgan fingerprint density at radius 1 is 1.30 bits per heavy atom. The fourth-order valence-corrected chi connectivity index (χ4v) is 2.33. The van der Waals surface area contributed by atoms with Crippen LogP contribution in [0.2, 0.25) is 0 Å². The normalized spacial score (nSPS) is 13.2. The van der Waals surface area contributed by atoms with Crippen LogP contribution in [0.1, 0.15) is 36.7 Å². The molecule has 1 amide bonds. The Kier molecular flexibility index (Phi) is 3.98. The van der Waals surface area contributed by atoms with Gasteiger partial charge in [-0.1, -0.05) is 6.07 Å². The molecule has 0 aliphatic carbocycles. The largest absolute Gasteiger partial charge is 0.454 e. The minimum Gasteiger partial charge on any atom is -0.454 e. The lowest BCUT2D eigenvalue weighted by atomic mass is 10.1. The van der Waals surface area contributed by atoms with Crippen molar-refractivity contribution in [1.82, 2.24) is 15.1 Å². The van der Waals surface area contributed by atoms with Gasteiger partial charge in [0.15, 0.2) is 11.5 Å². The molecule has 2 aromatic rings. The van der Waals surface area contributed by atoms with Crippen LogP contribution in [0.3, 0.4) is 0 Å². The first-order chi connectivity index (χ1) is 10.9. The minimum atomic E-state index is -0.134. The van der Waals surface area contributed by atoms with Crippen molar-refractivity contribution in [3.8, 4) is 11.5 Å². The molecule has 0 fully saturated rings. The molecule has 0 saturated carbocycles. The number of nitrogens with one attached hydrogen (secondary N) is 1. The number of ether oxygens (including phenoxy) is 2. The summed E-state index contributed by atoms with van der Waals surface area (Å²) < 4.78 is 12.4. The molecule has 6 nitrogen and oxygen atoms in total. The van der Waals surface area contributed by atoms with Gasteiger partial charge in [-0.25, -0.2) is 0 Å². The van der Waals surface area contributed by atoms with Crippen molar-refractivity contribution in [2.75, 3.05) is 13.3 Å². The number of rotatable bonds is 4. The number of aromatic nitrogens is 2. The van der Waals surface area contributed by atoms with Crippen molar-refractivity contribution in [2.24, 2.45) is 0 Å². The monoisotopic (exact) mass is 315 g/mol. The topological polar surface area (TPSA) is 65.4 Å².